The molecule has 11 heavy (non-hydrogen) atoms. The average molecular weight is 156 g/mol. The van der Waals surface area contributed by atoms with Gasteiger partial charge >= 0.3 is 5.97 Å². The highest BCUT2D eigenvalue weighted by molar-refractivity contribution is 5.86. The van der Waals surface area contributed by atoms with Gasteiger partial charge in [0.15, 0.2) is 0 Å². The Labute approximate surface area is 68.2 Å². The minimum absolute atomic E-state index is 0.287. The second kappa shape index (κ2) is 4.94. The van der Waals surface area contributed by atoms with Gasteiger partial charge in [-0.05, 0) is 12.8 Å². The maximum atomic E-state index is 10.8. The number of hydrogen-bond donors (Lipinski definition) is 0. The number of ether oxygens (including phenoxy) is 1. The fourth-order valence-corrected chi connectivity index (χ4v) is 0.459. The summed E-state index contributed by atoms with van der Waals surface area (Å²) in [6, 6.07) is 0. The third-order valence-electron chi connectivity index (χ3n) is 1.54. The van der Waals surface area contributed by atoms with E-state index >= 15 is 0 Å². The molecule has 0 aromatic heterocycles. The second-order valence-corrected chi connectivity index (χ2v) is 2.89. The van der Waals surface area contributed by atoms with Crippen molar-refractivity contribution in [2.24, 2.45) is 5.92 Å². The topological polar surface area (TPSA) is 26.3 Å². The molecule has 0 aliphatic carbocycles. The molecule has 2 heteroatoms. The van der Waals surface area contributed by atoms with Crippen LogP contribution in [0.5, 0.6) is 0 Å². The minimum Gasteiger partial charge on any atom is -0.462 e. The number of hydrogen-bond acceptors (Lipinski definition) is 2. The van der Waals surface area contributed by atoms with Gasteiger partial charge in [-0.2, -0.15) is 0 Å². The van der Waals surface area contributed by atoms with Gasteiger partial charge in [0.1, 0.15) is 0 Å². The highest BCUT2D eigenvalue weighted by Crippen LogP contribution is 2.02. The van der Waals surface area contributed by atoms with Crippen molar-refractivity contribution in [3.63, 3.8) is 0 Å². The van der Waals surface area contributed by atoms with Crippen LogP contribution in [0.2, 0.25) is 0 Å². The van der Waals surface area contributed by atoms with Crippen LogP contribution in [0.15, 0.2) is 12.2 Å². The first-order valence-electron chi connectivity index (χ1n) is 3.90. The van der Waals surface area contributed by atoms with Gasteiger partial charge in [-0.1, -0.05) is 26.8 Å². The summed E-state index contributed by atoms with van der Waals surface area (Å²) in [5.41, 5.74) is 0.466. The van der Waals surface area contributed by atoms with Crippen molar-refractivity contribution in [3.8, 4) is 0 Å². The van der Waals surface area contributed by atoms with E-state index in [0.29, 0.717) is 18.1 Å². The molecule has 0 aromatic rings. The number of carbonyl (C=O) groups is 1. The molecule has 64 valence electrons. The predicted octanol–water partition coefficient (Wildman–Crippen LogP) is 2.15. The summed E-state index contributed by atoms with van der Waals surface area (Å²) in [4.78, 5) is 10.8. The number of carbonyl (C=O) groups excluding carboxylic acids is 1. The zero-order valence-electron chi connectivity index (χ0n) is 7.52. The lowest BCUT2D eigenvalue weighted by atomic mass is 10.1. The van der Waals surface area contributed by atoms with Gasteiger partial charge in [0.05, 0.1) is 6.61 Å². The molecule has 0 saturated heterocycles. The number of rotatable bonds is 4. The van der Waals surface area contributed by atoms with E-state index < -0.39 is 0 Å². The molecule has 0 aliphatic heterocycles. The van der Waals surface area contributed by atoms with E-state index in [4.69, 9.17) is 4.74 Å². The molecule has 0 bridgehead atoms. The van der Waals surface area contributed by atoms with Crippen LogP contribution in [0.1, 0.15) is 27.2 Å². The highest BCUT2D eigenvalue weighted by atomic mass is 16.5. The predicted molar refractivity (Wildman–Crippen MR) is 45.2 cm³/mol. The van der Waals surface area contributed by atoms with Gasteiger partial charge in [0.2, 0.25) is 0 Å². The highest BCUT2D eigenvalue weighted by Gasteiger charge is 2.05. The molecule has 0 amide bonds. The monoisotopic (exact) mass is 156 g/mol. The standard InChI is InChI=1S/C9H16O2/c1-5-8(4)6-11-9(10)7(2)3/h8H,2,5-6H2,1,3-4H3/t8-/m0/s1. The van der Waals surface area contributed by atoms with E-state index in [-0.39, 0.29) is 5.97 Å². The molecule has 0 aromatic carbocycles. The average Bonchev–Trinajstić information content (AvgIpc) is 1.99. The lowest BCUT2D eigenvalue weighted by Gasteiger charge is -2.08. The molecule has 0 heterocycles. The SMILES string of the molecule is C=C(C)C(=O)OC[C@@H](C)CC. The Bertz CT molecular complexity index is 150. The second-order valence-electron chi connectivity index (χ2n) is 2.89. The zero-order valence-corrected chi connectivity index (χ0v) is 7.52. The van der Waals surface area contributed by atoms with Crippen LogP contribution < -0.4 is 0 Å². The van der Waals surface area contributed by atoms with Gasteiger partial charge in [0.25, 0.3) is 0 Å². The molecule has 0 radical (unpaired) electrons. The Morgan fingerprint density at radius 2 is 2.18 bits per heavy atom. The Balaban J connectivity index is 3.54. The Morgan fingerprint density at radius 3 is 2.55 bits per heavy atom. The van der Waals surface area contributed by atoms with Gasteiger partial charge in [-0.15, -0.1) is 0 Å². The molecule has 1 atom stereocenters. The van der Waals surface area contributed by atoms with Crippen LogP contribution >= 0.6 is 0 Å². The minimum atomic E-state index is -0.287. The Hall–Kier alpha value is -0.790. The van der Waals surface area contributed by atoms with Crippen molar-refractivity contribution < 1.29 is 9.53 Å². The summed E-state index contributed by atoms with van der Waals surface area (Å²) in [6.45, 7) is 9.75. The van der Waals surface area contributed by atoms with Gasteiger partial charge in [-0.3, -0.25) is 0 Å². The van der Waals surface area contributed by atoms with E-state index in [9.17, 15) is 4.79 Å². The summed E-state index contributed by atoms with van der Waals surface area (Å²) in [5, 5.41) is 0. The van der Waals surface area contributed by atoms with E-state index in [1.807, 2.05) is 6.92 Å². The summed E-state index contributed by atoms with van der Waals surface area (Å²) < 4.78 is 4.92. The van der Waals surface area contributed by atoms with Crippen LogP contribution in [-0.2, 0) is 9.53 Å². The van der Waals surface area contributed by atoms with Gasteiger partial charge in [-0.25, -0.2) is 4.79 Å². The smallest absolute Gasteiger partial charge is 0.333 e. The van der Waals surface area contributed by atoms with Crippen LogP contribution in [0, 0.1) is 5.92 Å². The molecule has 0 fully saturated rings. The molecule has 0 rings (SSSR count). The van der Waals surface area contributed by atoms with Crippen molar-refractivity contribution in [2.45, 2.75) is 27.2 Å². The lowest BCUT2D eigenvalue weighted by molar-refractivity contribution is -0.140. The Kier molecular flexibility index (Phi) is 4.59. The van der Waals surface area contributed by atoms with Crippen molar-refractivity contribution >= 4 is 5.97 Å². The maximum Gasteiger partial charge on any atom is 0.333 e. The molecular weight excluding hydrogens is 140 g/mol. The quantitative estimate of drug-likeness (QED) is 0.460. The van der Waals surface area contributed by atoms with Crippen molar-refractivity contribution in [1.82, 2.24) is 0 Å². The molecule has 0 spiro atoms. The van der Waals surface area contributed by atoms with Gasteiger partial charge < -0.3 is 4.74 Å². The van der Waals surface area contributed by atoms with E-state index in [1.54, 1.807) is 6.92 Å². The number of esters is 1. The molecular formula is C9H16O2. The zero-order chi connectivity index (χ0) is 8.85. The maximum absolute atomic E-state index is 10.8. The molecule has 0 unspecified atom stereocenters. The van der Waals surface area contributed by atoms with E-state index in [1.165, 1.54) is 0 Å². The first-order chi connectivity index (χ1) is 5.07. The van der Waals surface area contributed by atoms with Crippen LogP contribution in [0.3, 0.4) is 0 Å². The van der Waals surface area contributed by atoms with Gasteiger partial charge in [0, 0.05) is 5.57 Å². The van der Waals surface area contributed by atoms with Crippen LogP contribution in [0.25, 0.3) is 0 Å². The van der Waals surface area contributed by atoms with Crippen molar-refractivity contribution in [1.29, 1.82) is 0 Å². The van der Waals surface area contributed by atoms with E-state index in [2.05, 4.69) is 13.5 Å². The normalized spacial score (nSPS) is 12.3. The summed E-state index contributed by atoms with van der Waals surface area (Å²) in [6.07, 6.45) is 1.03. The van der Waals surface area contributed by atoms with Crippen molar-refractivity contribution in [3.05, 3.63) is 12.2 Å². The molecule has 0 aliphatic rings. The third kappa shape index (κ3) is 4.59. The fraction of sp³-hybridized carbons (Fsp3) is 0.667. The molecule has 0 saturated carbocycles. The van der Waals surface area contributed by atoms with Crippen LogP contribution in [-0.4, -0.2) is 12.6 Å². The first-order valence-corrected chi connectivity index (χ1v) is 3.90. The fourth-order valence-electron chi connectivity index (χ4n) is 0.459. The summed E-state index contributed by atoms with van der Waals surface area (Å²) >= 11 is 0. The summed E-state index contributed by atoms with van der Waals surface area (Å²) in [7, 11) is 0. The molecule has 0 N–H and O–H groups in total. The van der Waals surface area contributed by atoms with Crippen molar-refractivity contribution in [2.75, 3.05) is 6.61 Å². The van der Waals surface area contributed by atoms with E-state index in [0.717, 1.165) is 6.42 Å². The Morgan fingerprint density at radius 1 is 1.64 bits per heavy atom. The third-order valence-corrected chi connectivity index (χ3v) is 1.54. The van der Waals surface area contributed by atoms with Crippen LogP contribution in [0.4, 0.5) is 0 Å². The largest absolute Gasteiger partial charge is 0.462 e. The lowest BCUT2D eigenvalue weighted by Crippen LogP contribution is -2.11. The molecule has 2 nitrogen and oxygen atoms in total. The first kappa shape index (κ1) is 10.2. The summed E-state index contributed by atoms with van der Waals surface area (Å²) in [5.74, 6) is 0.156.